The molecule has 5 N–H and O–H groups in total. The summed E-state index contributed by atoms with van der Waals surface area (Å²) in [5.41, 5.74) is 7.42. The molecule has 18 heteroatoms. The number of nitrogens with two attached hydrogens (primary N) is 1. The van der Waals surface area contributed by atoms with Crippen LogP contribution in [0, 0.1) is 17.0 Å². The molecule has 2 amide bonds. The number of halogens is 5. The van der Waals surface area contributed by atoms with Gasteiger partial charge in [0.2, 0.25) is 5.91 Å². The van der Waals surface area contributed by atoms with Crippen LogP contribution >= 0.6 is 11.8 Å². The van der Waals surface area contributed by atoms with Crippen LogP contribution in [0.3, 0.4) is 0 Å². The highest BCUT2D eigenvalue weighted by Crippen LogP contribution is 2.41. The summed E-state index contributed by atoms with van der Waals surface area (Å²) in [6.45, 7) is 13.9. The van der Waals surface area contributed by atoms with E-state index in [0.717, 1.165) is 41.6 Å². The summed E-state index contributed by atoms with van der Waals surface area (Å²) in [5, 5.41) is 19.1. The lowest BCUT2D eigenvalue weighted by Gasteiger charge is -2.41. The van der Waals surface area contributed by atoms with Gasteiger partial charge in [0.25, 0.3) is 0 Å². The second-order valence-corrected chi connectivity index (χ2v) is 21.9. The number of carboxylic acid groups (broad SMARTS) is 2. The molecule has 0 saturated heterocycles. The summed E-state index contributed by atoms with van der Waals surface area (Å²) in [5.74, 6) is -5.26. The molecule has 1 aromatic heterocycles. The number of nitrogens with one attached hydrogen (secondary N) is 1. The number of alkyl halides is 3. The van der Waals surface area contributed by atoms with Crippen LogP contribution < -0.4 is 11.1 Å². The molecular weight excluding hydrogens is 780 g/mol. The second-order valence-electron chi connectivity index (χ2n) is 15.2. The molecule has 2 atom stereocenters. The standard InChI is InChI=1S/C36H50F2N4O5SSi.C2HF3O2/c1-36(2,3)33(31-19-26(28-20-27(37)13-14-29(28)38)22-41(31)21-25-11-8-7-9-12-25)42(32(43)24-48-23-30(39)34(44)45)16-10-15-40-35(46)47-17-18-49(4,5)6;3-2(4,5)1(6)7/h7-9,11-14,19-20,22,30,33H,10,15-18,21,23-24,39H2,1-6H3,(H,40,46)(H,44,45);(H,6,7)/t30-,33-;/m0./s1. The number of carboxylic acids is 2. The van der Waals surface area contributed by atoms with Gasteiger partial charge in [0.1, 0.15) is 17.7 Å². The maximum absolute atomic E-state index is 15.1. The predicted octanol–water partition coefficient (Wildman–Crippen LogP) is 7.63. The molecule has 0 bridgehead atoms. The van der Waals surface area contributed by atoms with E-state index in [1.165, 1.54) is 0 Å². The highest BCUT2D eigenvalue weighted by molar-refractivity contribution is 8.00. The van der Waals surface area contributed by atoms with Crippen molar-refractivity contribution in [3.05, 3.63) is 83.7 Å². The van der Waals surface area contributed by atoms with Gasteiger partial charge in [0, 0.05) is 56.5 Å². The van der Waals surface area contributed by atoms with Crippen LogP contribution in [0.4, 0.5) is 26.7 Å². The maximum Gasteiger partial charge on any atom is 0.490 e. The van der Waals surface area contributed by atoms with Crippen molar-refractivity contribution in [1.29, 1.82) is 0 Å². The van der Waals surface area contributed by atoms with Gasteiger partial charge in [-0.15, -0.1) is 11.8 Å². The number of aromatic nitrogens is 1. The smallest absolute Gasteiger partial charge is 0.480 e. The molecule has 2 aromatic carbocycles. The SMILES string of the molecule is CC(C)(C)[C@H](c1cc(-c2cc(F)ccc2F)cn1Cc1ccccc1)N(CCCNC(=O)OCC[Si](C)(C)C)C(=O)CSC[C@H](N)C(=O)O.O=C(O)C(F)(F)F. The molecule has 310 valence electrons. The fraction of sp³-hybridized carbons (Fsp3) is 0.474. The molecule has 3 aromatic rings. The van der Waals surface area contributed by atoms with Crippen LogP contribution in [0.2, 0.25) is 25.7 Å². The van der Waals surface area contributed by atoms with E-state index in [1.54, 1.807) is 17.2 Å². The molecule has 0 unspecified atom stereocenters. The van der Waals surface area contributed by atoms with E-state index in [2.05, 4.69) is 25.0 Å². The van der Waals surface area contributed by atoms with Crippen LogP contribution in [0.1, 0.15) is 44.5 Å². The van der Waals surface area contributed by atoms with Gasteiger partial charge in [0.05, 0.1) is 18.4 Å². The number of aliphatic carboxylic acids is 2. The average Bonchev–Trinajstić information content (AvgIpc) is 3.48. The molecule has 0 aliphatic carbocycles. The molecule has 11 nitrogen and oxygen atoms in total. The van der Waals surface area contributed by atoms with Crippen LogP contribution in [-0.2, 0) is 25.7 Å². The van der Waals surface area contributed by atoms with Crippen molar-refractivity contribution in [2.45, 2.75) is 77.7 Å². The van der Waals surface area contributed by atoms with Gasteiger partial charge < -0.3 is 35.5 Å². The Balaban J connectivity index is 0.00000141. The highest BCUT2D eigenvalue weighted by atomic mass is 32.2. The predicted molar refractivity (Wildman–Crippen MR) is 208 cm³/mol. The van der Waals surface area contributed by atoms with Gasteiger partial charge in [-0.05, 0) is 47.7 Å². The van der Waals surface area contributed by atoms with Gasteiger partial charge in [-0.1, -0.05) is 70.7 Å². The highest BCUT2D eigenvalue weighted by Gasteiger charge is 2.39. The summed E-state index contributed by atoms with van der Waals surface area (Å²) >= 11 is 1.14. The fourth-order valence-corrected chi connectivity index (χ4v) is 6.95. The van der Waals surface area contributed by atoms with Crippen LogP contribution in [-0.4, -0.2) is 95.1 Å². The number of carbonyl (C=O) groups excluding carboxylic acids is 2. The van der Waals surface area contributed by atoms with Gasteiger partial charge >= 0.3 is 24.2 Å². The van der Waals surface area contributed by atoms with Crippen LogP contribution in [0.5, 0.6) is 0 Å². The number of hydrogen-bond acceptors (Lipinski definition) is 7. The summed E-state index contributed by atoms with van der Waals surface area (Å²) in [6, 6.07) is 14.0. The van der Waals surface area contributed by atoms with Crippen molar-refractivity contribution < 1.29 is 56.1 Å². The lowest BCUT2D eigenvalue weighted by molar-refractivity contribution is -0.192. The van der Waals surface area contributed by atoms with E-state index in [4.69, 9.17) is 20.4 Å². The lowest BCUT2D eigenvalue weighted by atomic mass is 9.83. The molecule has 3 rings (SSSR count). The zero-order chi connectivity index (χ0) is 42.4. The largest absolute Gasteiger partial charge is 0.490 e. The number of amides is 2. The Bertz CT molecular complexity index is 1770. The number of thioether (sulfide) groups is 1. The monoisotopic (exact) mass is 830 g/mol. The number of carbonyl (C=O) groups is 4. The van der Waals surface area contributed by atoms with E-state index in [0.29, 0.717) is 30.8 Å². The first-order valence-corrected chi connectivity index (χ1v) is 22.5. The average molecular weight is 831 g/mol. The number of ether oxygens (including phenoxy) is 1. The third-order valence-electron chi connectivity index (χ3n) is 8.11. The van der Waals surface area contributed by atoms with Crippen molar-refractivity contribution in [3.63, 3.8) is 0 Å². The van der Waals surface area contributed by atoms with Gasteiger partial charge in [-0.25, -0.2) is 18.4 Å². The van der Waals surface area contributed by atoms with Crippen molar-refractivity contribution in [3.8, 4) is 11.1 Å². The zero-order valence-electron chi connectivity index (χ0n) is 32.3. The molecule has 0 spiro atoms. The van der Waals surface area contributed by atoms with E-state index in [-0.39, 0.29) is 36.1 Å². The first-order valence-electron chi connectivity index (χ1n) is 17.7. The van der Waals surface area contributed by atoms with Gasteiger partial charge in [0.15, 0.2) is 0 Å². The number of hydrogen-bond donors (Lipinski definition) is 4. The topological polar surface area (TPSA) is 164 Å². The summed E-state index contributed by atoms with van der Waals surface area (Å²) < 4.78 is 68.5. The van der Waals surface area contributed by atoms with Crippen molar-refractivity contribution in [2.75, 3.05) is 31.2 Å². The summed E-state index contributed by atoms with van der Waals surface area (Å²) in [4.78, 5) is 48.4. The molecule has 1 heterocycles. The third-order valence-corrected chi connectivity index (χ3v) is 10.9. The molecule has 0 radical (unpaired) electrons. The summed E-state index contributed by atoms with van der Waals surface area (Å²) in [6.07, 6.45) is -3.41. The van der Waals surface area contributed by atoms with E-state index >= 15 is 4.39 Å². The molecule has 0 fully saturated rings. The molecule has 0 aliphatic heterocycles. The Morgan fingerprint density at radius 1 is 1.00 bits per heavy atom. The minimum absolute atomic E-state index is 0.0233. The zero-order valence-corrected chi connectivity index (χ0v) is 34.1. The number of alkyl carbamates (subject to hydrolysis) is 1. The number of rotatable bonds is 17. The number of benzene rings is 2. The third kappa shape index (κ3) is 16.4. The van der Waals surface area contributed by atoms with Crippen LogP contribution in [0.15, 0.2) is 60.8 Å². The Labute approximate surface area is 328 Å². The van der Waals surface area contributed by atoms with Crippen LogP contribution in [0.25, 0.3) is 11.1 Å². The molecular formula is C38H51F5N4O7SSi. The van der Waals surface area contributed by atoms with Crippen molar-refractivity contribution in [2.24, 2.45) is 11.1 Å². The first-order chi connectivity index (χ1) is 25.9. The van der Waals surface area contributed by atoms with Crippen molar-refractivity contribution >= 4 is 43.8 Å². The van der Waals surface area contributed by atoms with E-state index in [1.807, 2.05) is 55.7 Å². The second kappa shape index (κ2) is 21.2. The number of nitrogens with zero attached hydrogens (tertiary/aromatic N) is 2. The van der Waals surface area contributed by atoms with E-state index < -0.39 is 61.4 Å². The molecule has 0 saturated carbocycles. The van der Waals surface area contributed by atoms with Gasteiger partial charge in [-0.3, -0.25) is 9.59 Å². The molecule has 0 aliphatic rings. The normalized spacial score (nSPS) is 12.9. The minimum atomic E-state index is -5.08. The minimum Gasteiger partial charge on any atom is -0.480 e. The summed E-state index contributed by atoms with van der Waals surface area (Å²) in [7, 11) is -1.37. The fourth-order valence-electron chi connectivity index (χ4n) is 5.38. The quantitative estimate of drug-likeness (QED) is 0.0609. The Kier molecular flexibility index (Phi) is 18.1. The van der Waals surface area contributed by atoms with Crippen molar-refractivity contribution in [1.82, 2.24) is 14.8 Å². The van der Waals surface area contributed by atoms with Gasteiger partial charge in [-0.2, -0.15) is 13.2 Å². The van der Waals surface area contributed by atoms with E-state index in [9.17, 15) is 37.1 Å². The Morgan fingerprint density at radius 3 is 2.18 bits per heavy atom. The maximum atomic E-state index is 15.1. The Morgan fingerprint density at radius 2 is 1.62 bits per heavy atom. The molecule has 56 heavy (non-hydrogen) atoms. The first kappa shape index (κ1) is 47.7. The Hall–Kier alpha value is -4.42. The lowest BCUT2D eigenvalue weighted by Crippen LogP contribution is -2.44.